The van der Waals surface area contributed by atoms with Crippen LogP contribution in [0.25, 0.3) is 0 Å². The maximum absolute atomic E-state index is 15.3. The van der Waals surface area contributed by atoms with Crippen molar-refractivity contribution < 1.29 is 33.9 Å². The van der Waals surface area contributed by atoms with Gasteiger partial charge in [-0.2, -0.15) is 5.01 Å². The summed E-state index contributed by atoms with van der Waals surface area (Å²) in [5.74, 6) is -6.15. The number of imide groups is 2. The molecule has 4 amide bonds. The lowest BCUT2D eigenvalue weighted by molar-refractivity contribution is -0.384. The van der Waals surface area contributed by atoms with Gasteiger partial charge >= 0.3 is 0 Å². The molecule has 268 valence electrons. The van der Waals surface area contributed by atoms with Gasteiger partial charge < -0.3 is 9.84 Å². The van der Waals surface area contributed by atoms with E-state index in [0.717, 1.165) is 15.5 Å². The minimum atomic E-state index is -1.52. The molecule has 1 saturated carbocycles. The number of allylic oxidation sites excluding steroid dienone is 2. The zero-order valence-corrected chi connectivity index (χ0v) is 30.1. The molecule has 0 aromatic heterocycles. The van der Waals surface area contributed by atoms with Gasteiger partial charge in [0.1, 0.15) is 0 Å². The average molecular weight is 778 g/mol. The average Bonchev–Trinajstić information content (AvgIpc) is 3.54. The first-order valence-corrected chi connectivity index (χ1v) is 17.9. The Morgan fingerprint density at radius 3 is 2.36 bits per heavy atom. The predicted molar refractivity (Wildman–Crippen MR) is 197 cm³/mol. The van der Waals surface area contributed by atoms with E-state index >= 15 is 4.79 Å². The summed E-state index contributed by atoms with van der Waals surface area (Å²) < 4.78 is 5.87. The molecular formula is C40H33BrN4O8. The lowest BCUT2D eigenvalue weighted by Gasteiger charge is -2.50. The van der Waals surface area contributed by atoms with Gasteiger partial charge in [0.05, 0.1) is 51.0 Å². The molecule has 0 bridgehead atoms. The Morgan fingerprint density at radius 1 is 0.925 bits per heavy atom. The Bertz CT molecular complexity index is 2260. The van der Waals surface area contributed by atoms with Crippen LogP contribution in [-0.4, -0.2) is 45.8 Å². The number of ether oxygens (including phenoxy) is 1. The number of nitrogens with zero attached hydrogens (tertiary/aromatic N) is 3. The van der Waals surface area contributed by atoms with Crippen LogP contribution in [-0.2, 0) is 24.6 Å². The number of nitrogens with one attached hydrogen (secondary N) is 1. The van der Waals surface area contributed by atoms with Crippen molar-refractivity contribution in [1.29, 1.82) is 0 Å². The second-order valence-electron chi connectivity index (χ2n) is 13.9. The molecule has 2 aliphatic carbocycles. The fraction of sp³-hybridized carbons (Fsp3) is 0.250. The highest BCUT2D eigenvalue weighted by atomic mass is 79.9. The number of fused-ring (bicyclic) bond motifs is 4. The van der Waals surface area contributed by atoms with Crippen molar-refractivity contribution >= 4 is 56.6 Å². The van der Waals surface area contributed by atoms with E-state index in [0.29, 0.717) is 26.9 Å². The molecule has 2 heterocycles. The number of phenols is 1. The Labute approximate surface area is 312 Å². The number of rotatable bonds is 7. The van der Waals surface area contributed by atoms with Crippen molar-refractivity contribution in [2.75, 3.05) is 17.4 Å². The van der Waals surface area contributed by atoms with Gasteiger partial charge in [0.15, 0.2) is 11.5 Å². The number of aryl methyl sites for hydroxylation is 1. The lowest BCUT2D eigenvalue weighted by atomic mass is 9.49. The van der Waals surface area contributed by atoms with Crippen molar-refractivity contribution in [1.82, 2.24) is 5.01 Å². The molecule has 2 saturated heterocycles. The maximum Gasteiger partial charge on any atom is 0.271 e. The van der Waals surface area contributed by atoms with Crippen LogP contribution in [0.5, 0.6) is 11.5 Å². The molecule has 0 unspecified atom stereocenters. The quantitative estimate of drug-likeness (QED) is 0.0917. The Balaban J connectivity index is 1.33. The second-order valence-corrected chi connectivity index (χ2v) is 14.8. The van der Waals surface area contributed by atoms with E-state index in [1.807, 2.05) is 55.5 Å². The largest absolute Gasteiger partial charge is 0.503 e. The highest BCUT2D eigenvalue weighted by Crippen LogP contribution is 2.64. The molecule has 2 N–H and O–H groups in total. The number of methoxy groups -OCH3 is 1. The number of nitro groups is 1. The summed E-state index contributed by atoms with van der Waals surface area (Å²) in [6.45, 7) is 1.93. The molecule has 0 radical (unpaired) electrons. The van der Waals surface area contributed by atoms with E-state index in [1.54, 1.807) is 24.3 Å². The third-order valence-corrected chi connectivity index (χ3v) is 11.9. The number of hydrazine groups is 1. The number of non-ortho nitro benzene ring substituents is 1. The maximum atomic E-state index is 15.3. The van der Waals surface area contributed by atoms with Crippen LogP contribution in [0.15, 0.2) is 107 Å². The van der Waals surface area contributed by atoms with Crippen molar-refractivity contribution in [2.24, 2.45) is 23.7 Å². The molecular weight excluding hydrogens is 744 g/mol. The fourth-order valence-electron chi connectivity index (χ4n) is 9.04. The predicted octanol–water partition coefficient (Wildman–Crippen LogP) is 6.57. The SMILES string of the molecule is COc1cc([C@H]2C3=CC[C@@H]4C(=O)N(c5cccc([N+](=O)[O-])c5)C(=O)[C@@H]4[C@@H]3C[C@H]3C(=O)N(Nc4ccc(C)cc4)C(=O)[C@@]23c2ccccc2)cc(Br)c1O. The van der Waals surface area contributed by atoms with E-state index in [1.165, 1.54) is 31.4 Å². The molecule has 6 atom stereocenters. The molecule has 13 heteroatoms. The highest BCUT2D eigenvalue weighted by Gasteiger charge is 2.70. The van der Waals surface area contributed by atoms with Crippen molar-refractivity contribution in [3.05, 3.63) is 134 Å². The van der Waals surface area contributed by atoms with Gasteiger partial charge in [-0.25, -0.2) is 4.90 Å². The van der Waals surface area contributed by atoms with Gasteiger partial charge in [-0.15, -0.1) is 0 Å². The number of nitro benzene ring substituents is 1. The zero-order chi connectivity index (χ0) is 37.3. The first-order valence-electron chi connectivity index (χ1n) is 17.1. The summed E-state index contributed by atoms with van der Waals surface area (Å²) in [6.07, 6.45) is 2.16. The number of halogens is 1. The van der Waals surface area contributed by atoms with E-state index in [4.69, 9.17) is 4.74 Å². The molecule has 4 aromatic rings. The summed E-state index contributed by atoms with van der Waals surface area (Å²) in [5.41, 5.74) is 4.80. The van der Waals surface area contributed by atoms with Crippen LogP contribution < -0.4 is 15.1 Å². The first-order chi connectivity index (χ1) is 25.5. The molecule has 53 heavy (non-hydrogen) atoms. The van der Waals surface area contributed by atoms with Gasteiger partial charge in [-0.05, 0) is 83.1 Å². The van der Waals surface area contributed by atoms with Crippen LogP contribution in [0, 0.1) is 40.7 Å². The number of carbonyl (C=O) groups excluding carboxylic acids is 4. The normalized spacial score (nSPS) is 26.2. The number of hydrogen-bond acceptors (Lipinski definition) is 9. The van der Waals surface area contributed by atoms with Crippen LogP contribution in [0.1, 0.15) is 35.4 Å². The first kappa shape index (κ1) is 34.3. The van der Waals surface area contributed by atoms with Crippen LogP contribution in [0.2, 0.25) is 0 Å². The Kier molecular flexibility index (Phi) is 8.21. The van der Waals surface area contributed by atoms with Crippen LogP contribution in [0.3, 0.4) is 0 Å². The molecule has 4 aliphatic rings. The van der Waals surface area contributed by atoms with Gasteiger partial charge in [-0.1, -0.05) is 65.7 Å². The molecule has 3 fully saturated rings. The third-order valence-electron chi connectivity index (χ3n) is 11.3. The number of amides is 4. The highest BCUT2D eigenvalue weighted by molar-refractivity contribution is 9.10. The minimum Gasteiger partial charge on any atom is -0.503 e. The summed E-state index contributed by atoms with van der Waals surface area (Å²) in [4.78, 5) is 70.8. The van der Waals surface area contributed by atoms with Crippen molar-refractivity contribution in [3.8, 4) is 11.5 Å². The Morgan fingerprint density at radius 2 is 1.66 bits per heavy atom. The summed E-state index contributed by atoms with van der Waals surface area (Å²) in [5, 5.41) is 23.6. The van der Waals surface area contributed by atoms with Crippen molar-refractivity contribution in [3.63, 3.8) is 0 Å². The second kappa shape index (κ2) is 12.7. The molecule has 0 spiro atoms. The van der Waals surface area contributed by atoms with E-state index < -0.39 is 63.6 Å². The summed E-state index contributed by atoms with van der Waals surface area (Å²) >= 11 is 3.46. The smallest absolute Gasteiger partial charge is 0.271 e. The van der Waals surface area contributed by atoms with Gasteiger partial charge in [-0.3, -0.25) is 34.7 Å². The monoisotopic (exact) mass is 776 g/mol. The Hall–Kier alpha value is -5.82. The number of hydrogen-bond donors (Lipinski definition) is 2. The summed E-state index contributed by atoms with van der Waals surface area (Å²) in [6, 6.07) is 25.2. The fourth-order valence-corrected chi connectivity index (χ4v) is 9.50. The number of aromatic hydroxyl groups is 1. The molecule has 2 aliphatic heterocycles. The van der Waals surface area contributed by atoms with E-state index in [9.17, 15) is 29.6 Å². The topological polar surface area (TPSA) is 159 Å². The van der Waals surface area contributed by atoms with Gasteiger partial charge in [0.25, 0.3) is 17.5 Å². The lowest BCUT2D eigenvalue weighted by Crippen LogP contribution is -2.53. The number of anilines is 2. The number of phenolic OH excluding ortho intramolecular Hbond substituents is 1. The zero-order valence-electron chi connectivity index (χ0n) is 28.6. The summed E-state index contributed by atoms with van der Waals surface area (Å²) in [7, 11) is 1.41. The van der Waals surface area contributed by atoms with Crippen LogP contribution >= 0.6 is 15.9 Å². The third kappa shape index (κ3) is 5.08. The molecule has 8 rings (SSSR count). The molecule has 4 aromatic carbocycles. The van der Waals surface area contributed by atoms with Crippen molar-refractivity contribution in [2.45, 2.75) is 31.1 Å². The number of benzene rings is 4. The molecule has 12 nitrogen and oxygen atoms in total. The van der Waals surface area contributed by atoms with E-state index in [2.05, 4.69) is 21.4 Å². The standard InChI is InChI=1S/C40H33BrN4O8/c1-21-11-13-24(14-12-21)42-44-37(48)30-20-29-27(15-16-28-33(29)38(49)43(36(28)47)25-9-6-10-26(19-25)45(51)52)34(22-17-31(41)35(46)32(18-22)53-2)40(30,39(44)50)23-7-4-3-5-8-23/h3-15,17-19,28-30,33-34,42,46H,16,20H2,1-2H3/t28-,29+,30-,33-,34-,40+/m0/s1. The van der Waals surface area contributed by atoms with E-state index in [-0.39, 0.29) is 35.7 Å². The van der Waals surface area contributed by atoms with Gasteiger partial charge in [0, 0.05) is 18.1 Å². The van der Waals surface area contributed by atoms with Crippen LogP contribution in [0.4, 0.5) is 17.1 Å². The minimum absolute atomic E-state index is 0.0766. The number of carbonyl (C=O) groups is 4. The van der Waals surface area contributed by atoms with Gasteiger partial charge in [0.2, 0.25) is 11.8 Å².